The van der Waals surface area contributed by atoms with E-state index in [1.165, 1.54) is 25.7 Å². The Balaban J connectivity index is 1.92. The summed E-state index contributed by atoms with van der Waals surface area (Å²) in [6.45, 7) is 3.30. The van der Waals surface area contributed by atoms with Gasteiger partial charge in [0, 0.05) is 24.5 Å². The Hall–Kier alpha value is -1.25. The van der Waals surface area contributed by atoms with Crippen LogP contribution in [0.15, 0.2) is 18.3 Å². The number of hydrogen-bond donors (Lipinski definition) is 2. The lowest BCUT2D eigenvalue weighted by atomic mass is 9.67. The smallest absolute Gasteiger partial charge is 0.127 e. The Morgan fingerprint density at radius 1 is 1.53 bits per heavy atom. The molecular weight excluding hydrogens is 186 g/mol. The molecule has 1 aliphatic rings. The molecule has 3 N–H and O–H groups in total. The summed E-state index contributed by atoms with van der Waals surface area (Å²) >= 11 is 0. The van der Waals surface area contributed by atoms with Crippen molar-refractivity contribution in [1.29, 1.82) is 0 Å². The quantitative estimate of drug-likeness (QED) is 0.794. The van der Waals surface area contributed by atoms with E-state index < -0.39 is 0 Å². The van der Waals surface area contributed by atoms with Crippen LogP contribution < -0.4 is 11.1 Å². The van der Waals surface area contributed by atoms with Gasteiger partial charge in [0.25, 0.3) is 0 Å². The maximum Gasteiger partial charge on any atom is 0.127 e. The van der Waals surface area contributed by atoms with Crippen molar-refractivity contribution < 1.29 is 0 Å². The Kier molecular flexibility index (Phi) is 2.80. The predicted molar refractivity (Wildman–Crippen MR) is 63.7 cm³/mol. The second-order valence-corrected chi connectivity index (χ2v) is 4.54. The molecule has 3 nitrogen and oxygen atoms in total. The van der Waals surface area contributed by atoms with Gasteiger partial charge in [-0.15, -0.1) is 0 Å². The fourth-order valence-corrected chi connectivity index (χ4v) is 2.15. The van der Waals surface area contributed by atoms with Crippen LogP contribution in [0.2, 0.25) is 0 Å². The highest BCUT2D eigenvalue weighted by atomic mass is 15.0. The van der Waals surface area contributed by atoms with Gasteiger partial charge in [-0.3, -0.25) is 0 Å². The summed E-state index contributed by atoms with van der Waals surface area (Å²) < 4.78 is 0. The maximum atomic E-state index is 5.70. The second kappa shape index (κ2) is 4.09. The third-order valence-electron chi connectivity index (χ3n) is 3.59. The van der Waals surface area contributed by atoms with E-state index >= 15 is 0 Å². The predicted octanol–water partition coefficient (Wildman–Crippen LogP) is 2.66. The van der Waals surface area contributed by atoms with Crippen LogP contribution in [0.3, 0.4) is 0 Å². The number of nitrogens with zero attached hydrogens (tertiary/aromatic N) is 1. The molecular formula is C12H19N3. The topological polar surface area (TPSA) is 50.9 Å². The lowest BCUT2D eigenvalue weighted by Gasteiger charge is -2.41. The van der Waals surface area contributed by atoms with Crippen molar-refractivity contribution >= 4 is 11.5 Å². The molecule has 0 aromatic carbocycles. The normalized spacial score (nSPS) is 18.2. The summed E-state index contributed by atoms with van der Waals surface area (Å²) in [7, 11) is 0. The molecule has 15 heavy (non-hydrogen) atoms. The van der Waals surface area contributed by atoms with E-state index in [1.807, 2.05) is 12.1 Å². The number of aromatic nitrogens is 1. The van der Waals surface area contributed by atoms with Gasteiger partial charge in [0.2, 0.25) is 0 Å². The number of rotatable bonds is 4. The zero-order chi connectivity index (χ0) is 10.7. The fourth-order valence-electron chi connectivity index (χ4n) is 2.15. The van der Waals surface area contributed by atoms with Crippen LogP contribution in [0.4, 0.5) is 11.5 Å². The van der Waals surface area contributed by atoms with Crippen LogP contribution in [-0.4, -0.2) is 11.5 Å². The maximum absolute atomic E-state index is 5.70. The Labute approximate surface area is 91.1 Å². The first kappa shape index (κ1) is 10.3. The number of nitrogen functional groups attached to an aromatic ring is 1. The van der Waals surface area contributed by atoms with Crippen molar-refractivity contribution in [1.82, 2.24) is 4.98 Å². The van der Waals surface area contributed by atoms with E-state index in [-0.39, 0.29) is 0 Å². The lowest BCUT2D eigenvalue weighted by Crippen LogP contribution is -2.36. The summed E-state index contributed by atoms with van der Waals surface area (Å²) in [5.41, 5.74) is 6.99. The van der Waals surface area contributed by atoms with Gasteiger partial charge in [0.05, 0.1) is 0 Å². The highest BCUT2D eigenvalue weighted by molar-refractivity contribution is 5.48. The minimum atomic E-state index is 0.520. The van der Waals surface area contributed by atoms with Crippen LogP contribution in [0, 0.1) is 5.41 Å². The van der Waals surface area contributed by atoms with Gasteiger partial charge in [-0.2, -0.15) is 0 Å². The summed E-state index contributed by atoms with van der Waals surface area (Å²) in [6.07, 6.45) is 7.07. The number of nitrogens with two attached hydrogens (primary N) is 1. The first-order valence-corrected chi connectivity index (χ1v) is 5.69. The molecule has 0 saturated heterocycles. The summed E-state index contributed by atoms with van der Waals surface area (Å²) in [5, 5.41) is 3.39. The molecule has 1 aromatic heterocycles. The molecule has 2 rings (SSSR count). The van der Waals surface area contributed by atoms with E-state index in [1.54, 1.807) is 6.20 Å². The van der Waals surface area contributed by atoms with Crippen molar-refractivity contribution in [2.75, 3.05) is 17.6 Å². The zero-order valence-corrected chi connectivity index (χ0v) is 9.29. The van der Waals surface area contributed by atoms with Crippen LogP contribution in [0.5, 0.6) is 0 Å². The second-order valence-electron chi connectivity index (χ2n) is 4.54. The molecule has 82 valence electrons. The molecule has 1 saturated carbocycles. The minimum Gasteiger partial charge on any atom is -0.399 e. The summed E-state index contributed by atoms with van der Waals surface area (Å²) in [4.78, 5) is 4.24. The average Bonchev–Trinajstić information content (AvgIpc) is 2.17. The van der Waals surface area contributed by atoms with Gasteiger partial charge in [0.15, 0.2) is 0 Å². The molecule has 1 aliphatic carbocycles. The highest BCUT2D eigenvalue weighted by Gasteiger charge is 2.34. The lowest BCUT2D eigenvalue weighted by molar-refractivity contribution is 0.145. The number of anilines is 2. The largest absolute Gasteiger partial charge is 0.399 e. The van der Waals surface area contributed by atoms with Gasteiger partial charge in [-0.25, -0.2) is 4.98 Å². The van der Waals surface area contributed by atoms with Gasteiger partial charge in [0.1, 0.15) is 5.82 Å². The number of nitrogens with one attached hydrogen (secondary N) is 1. The molecule has 0 bridgehead atoms. The Bertz CT molecular complexity index is 326. The van der Waals surface area contributed by atoms with E-state index in [2.05, 4.69) is 17.2 Å². The molecule has 0 aliphatic heterocycles. The first-order chi connectivity index (χ1) is 7.24. The van der Waals surface area contributed by atoms with Crippen LogP contribution >= 0.6 is 0 Å². The van der Waals surface area contributed by atoms with Crippen LogP contribution in [0.1, 0.15) is 32.6 Å². The Morgan fingerprint density at radius 3 is 2.87 bits per heavy atom. The van der Waals surface area contributed by atoms with Crippen molar-refractivity contribution in [3.05, 3.63) is 18.3 Å². The number of pyridine rings is 1. The SMILES string of the molecule is CCC1(CNc2cc(N)ccn2)CCC1. The van der Waals surface area contributed by atoms with Gasteiger partial charge < -0.3 is 11.1 Å². The molecule has 0 amide bonds. The first-order valence-electron chi connectivity index (χ1n) is 5.69. The molecule has 0 unspecified atom stereocenters. The summed E-state index contributed by atoms with van der Waals surface area (Å²) in [5.74, 6) is 0.898. The van der Waals surface area contributed by atoms with E-state index in [4.69, 9.17) is 5.73 Å². The standard InChI is InChI=1S/C12H19N3/c1-2-12(5-3-6-12)9-15-11-8-10(13)4-7-14-11/h4,7-8H,2-3,5-6,9H2,1H3,(H3,13,14,15). The molecule has 3 heteroatoms. The van der Waals surface area contributed by atoms with Gasteiger partial charge in [-0.05, 0) is 30.7 Å². The van der Waals surface area contributed by atoms with Crippen molar-refractivity contribution in [3.63, 3.8) is 0 Å². The molecule has 0 spiro atoms. The average molecular weight is 205 g/mol. The van der Waals surface area contributed by atoms with Crippen molar-refractivity contribution in [2.24, 2.45) is 5.41 Å². The van der Waals surface area contributed by atoms with Crippen molar-refractivity contribution in [2.45, 2.75) is 32.6 Å². The fraction of sp³-hybridized carbons (Fsp3) is 0.583. The van der Waals surface area contributed by atoms with E-state index in [0.717, 1.165) is 18.1 Å². The molecule has 1 heterocycles. The van der Waals surface area contributed by atoms with Gasteiger partial charge >= 0.3 is 0 Å². The third-order valence-corrected chi connectivity index (χ3v) is 3.59. The van der Waals surface area contributed by atoms with Gasteiger partial charge in [-0.1, -0.05) is 13.3 Å². The Morgan fingerprint density at radius 2 is 2.33 bits per heavy atom. The zero-order valence-electron chi connectivity index (χ0n) is 9.29. The van der Waals surface area contributed by atoms with E-state index in [9.17, 15) is 0 Å². The third kappa shape index (κ3) is 2.22. The minimum absolute atomic E-state index is 0.520. The molecule has 0 atom stereocenters. The van der Waals surface area contributed by atoms with E-state index in [0.29, 0.717) is 5.41 Å². The highest BCUT2D eigenvalue weighted by Crippen LogP contribution is 2.43. The molecule has 1 aromatic rings. The van der Waals surface area contributed by atoms with Crippen LogP contribution in [0.25, 0.3) is 0 Å². The molecule has 1 fully saturated rings. The van der Waals surface area contributed by atoms with Crippen LogP contribution in [-0.2, 0) is 0 Å². The monoisotopic (exact) mass is 205 g/mol. The summed E-state index contributed by atoms with van der Waals surface area (Å²) in [6, 6.07) is 3.70. The number of hydrogen-bond acceptors (Lipinski definition) is 3. The molecule has 0 radical (unpaired) electrons. The van der Waals surface area contributed by atoms with Crippen molar-refractivity contribution in [3.8, 4) is 0 Å².